The zero-order valence-electron chi connectivity index (χ0n) is 9.21. The summed E-state index contributed by atoms with van der Waals surface area (Å²) in [4.78, 5) is 8.19. The molecule has 2 rings (SSSR count). The predicted molar refractivity (Wildman–Crippen MR) is 59.6 cm³/mol. The number of nitrogens with zero attached hydrogens (tertiary/aromatic N) is 4. The molecule has 0 saturated heterocycles. The van der Waals surface area contributed by atoms with E-state index >= 15 is 0 Å². The third kappa shape index (κ3) is 2.28. The molecule has 2 aromatic heterocycles. The average molecular weight is 219 g/mol. The summed E-state index contributed by atoms with van der Waals surface area (Å²) in [7, 11) is 1.78. The molecule has 2 heterocycles. The lowest BCUT2D eigenvalue weighted by Crippen LogP contribution is -1.95. The van der Waals surface area contributed by atoms with Gasteiger partial charge in [0, 0.05) is 13.6 Å². The third-order valence-corrected chi connectivity index (χ3v) is 2.02. The highest BCUT2D eigenvalue weighted by molar-refractivity contribution is 5.33. The number of hydrogen-bond acceptors (Lipinski definition) is 5. The minimum atomic E-state index is 0.447. The predicted octanol–water partition coefficient (Wildman–Crippen LogP) is 1.53. The van der Waals surface area contributed by atoms with Crippen molar-refractivity contribution >= 4 is 5.82 Å². The summed E-state index contributed by atoms with van der Waals surface area (Å²) in [5, 5.41) is 7.00. The normalized spacial score (nSPS) is 10.1. The Morgan fingerprint density at radius 3 is 2.94 bits per heavy atom. The van der Waals surface area contributed by atoms with Crippen LogP contribution in [0.2, 0.25) is 0 Å². The monoisotopic (exact) mass is 219 g/mol. The average Bonchev–Trinajstić information content (AvgIpc) is 2.77. The topological polar surface area (TPSA) is 64.9 Å². The summed E-state index contributed by atoms with van der Waals surface area (Å²) in [5.41, 5.74) is 0. The maximum Gasteiger partial charge on any atom is 0.239 e. The van der Waals surface area contributed by atoms with Crippen molar-refractivity contribution in [1.29, 1.82) is 0 Å². The molecular formula is C10H13N5O. The number of hydrogen-bond donors (Lipinski definition) is 1. The van der Waals surface area contributed by atoms with Crippen LogP contribution in [-0.2, 0) is 6.54 Å². The Labute approximate surface area is 93.3 Å². The van der Waals surface area contributed by atoms with Crippen molar-refractivity contribution in [3.8, 4) is 11.6 Å². The Hall–Kier alpha value is -2.11. The molecule has 0 aliphatic heterocycles. The fraction of sp³-hybridized carbons (Fsp3) is 0.300. The van der Waals surface area contributed by atoms with Gasteiger partial charge in [-0.2, -0.15) is 10.1 Å². The van der Waals surface area contributed by atoms with Gasteiger partial charge in [-0.3, -0.25) is 9.67 Å². The van der Waals surface area contributed by atoms with Crippen LogP contribution in [-0.4, -0.2) is 26.8 Å². The molecule has 0 aromatic carbocycles. The number of aromatic nitrogens is 4. The van der Waals surface area contributed by atoms with E-state index in [1.54, 1.807) is 30.3 Å². The molecule has 0 atom stereocenters. The number of rotatable bonds is 4. The second kappa shape index (κ2) is 4.61. The summed E-state index contributed by atoms with van der Waals surface area (Å²) in [6.07, 6.45) is 6.65. The van der Waals surface area contributed by atoms with Gasteiger partial charge in [-0.05, 0) is 6.92 Å². The van der Waals surface area contributed by atoms with E-state index in [4.69, 9.17) is 4.74 Å². The first kappa shape index (κ1) is 10.4. The summed E-state index contributed by atoms with van der Waals surface area (Å²) in [6, 6.07) is 0. The van der Waals surface area contributed by atoms with Crippen molar-refractivity contribution in [1.82, 2.24) is 19.7 Å². The first-order valence-electron chi connectivity index (χ1n) is 5.02. The fourth-order valence-electron chi connectivity index (χ4n) is 1.21. The molecule has 0 bridgehead atoms. The number of aryl methyl sites for hydroxylation is 1. The standard InChI is InChI=1S/C10H13N5O/c1-3-15-7-8(4-13-15)16-10-6-12-5-9(11-2)14-10/h4-7H,3H2,1-2H3,(H,11,14). The van der Waals surface area contributed by atoms with Crippen molar-refractivity contribution in [3.63, 3.8) is 0 Å². The lowest BCUT2D eigenvalue weighted by atomic mass is 10.6. The van der Waals surface area contributed by atoms with Crippen LogP contribution in [0.3, 0.4) is 0 Å². The third-order valence-electron chi connectivity index (χ3n) is 2.02. The second-order valence-corrected chi connectivity index (χ2v) is 3.13. The first-order chi connectivity index (χ1) is 7.81. The molecule has 0 radical (unpaired) electrons. The van der Waals surface area contributed by atoms with Crippen LogP contribution in [0.15, 0.2) is 24.8 Å². The zero-order chi connectivity index (χ0) is 11.4. The Kier molecular flexibility index (Phi) is 3.00. The highest BCUT2D eigenvalue weighted by atomic mass is 16.5. The van der Waals surface area contributed by atoms with E-state index < -0.39 is 0 Å². The van der Waals surface area contributed by atoms with E-state index in [1.807, 2.05) is 13.1 Å². The van der Waals surface area contributed by atoms with Crippen molar-refractivity contribution in [2.24, 2.45) is 0 Å². The molecule has 0 aliphatic rings. The molecule has 6 nitrogen and oxygen atoms in total. The van der Waals surface area contributed by atoms with Gasteiger partial charge in [0.1, 0.15) is 5.82 Å². The highest BCUT2D eigenvalue weighted by Gasteiger charge is 2.02. The molecule has 2 aromatic rings. The van der Waals surface area contributed by atoms with E-state index in [-0.39, 0.29) is 0 Å². The van der Waals surface area contributed by atoms with Crippen LogP contribution < -0.4 is 10.1 Å². The Bertz CT molecular complexity index is 468. The number of nitrogens with one attached hydrogen (secondary N) is 1. The van der Waals surface area contributed by atoms with Crippen LogP contribution in [0.25, 0.3) is 0 Å². The fourth-order valence-corrected chi connectivity index (χ4v) is 1.21. The van der Waals surface area contributed by atoms with E-state index in [1.165, 1.54) is 0 Å². The minimum absolute atomic E-state index is 0.447. The highest BCUT2D eigenvalue weighted by Crippen LogP contribution is 2.18. The first-order valence-corrected chi connectivity index (χ1v) is 5.02. The molecular weight excluding hydrogens is 206 g/mol. The van der Waals surface area contributed by atoms with Gasteiger partial charge in [0.15, 0.2) is 5.75 Å². The lowest BCUT2D eigenvalue weighted by molar-refractivity contribution is 0.460. The van der Waals surface area contributed by atoms with Gasteiger partial charge in [0.2, 0.25) is 5.88 Å². The van der Waals surface area contributed by atoms with Gasteiger partial charge < -0.3 is 10.1 Å². The molecule has 0 fully saturated rings. The van der Waals surface area contributed by atoms with Gasteiger partial charge in [-0.15, -0.1) is 0 Å². The summed E-state index contributed by atoms with van der Waals surface area (Å²) in [6.45, 7) is 2.82. The van der Waals surface area contributed by atoms with E-state index in [0.29, 0.717) is 17.4 Å². The SMILES string of the molecule is CCn1cc(Oc2cncc(NC)n2)cn1. The summed E-state index contributed by atoms with van der Waals surface area (Å²) in [5.74, 6) is 1.77. The van der Waals surface area contributed by atoms with Gasteiger partial charge >= 0.3 is 0 Å². The molecule has 0 unspecified atom stereocenters. The zero-order valence-corrected chi connectivity index (χ0v) is 9.21. The molecule has 0 saturated carbocycles. The number of ether oxygens (including phenoxy) is 1. The van der Waals surface area contributed by atoms with Crippen molar-refractivity contribution in [3.05, 3.63) is 24.8 Å². The van der Waals surface area contributed by atoms with Gasteiger partial charge in [0.05, 0.1) is 24.8 Å². The maximum atomic E-state index is 5.51. The smallest absolute Gasteiger partial charge is 0.239 e. The molecule has 16 heavy (non-hydrogen) atoms. The van der Waals surface area contributed by atoms with Crippen molar-refractivity contribution < 1.29 is 4.74 Å². The van der Waals surface area contributed by atoms with E-state index in [9.17, 15) is 0 Å². The van der Waals surface area contributed by atoms with Gasteiger partial charge in [-0.25, -0.2) is 0 Å². The number of anilines is 1. The van der Waals surface area contributed by atoms with Gasteiger partial charge in [-0.1, -0.05) is 0 Å². The van der Waals surface area contributed by atoms with Crippen LogP contribution in [0.4, 0.5) is 5.82 Å². The largest absolute Gasteiger partial charge is 0.434 e. The van der Waals surface area contributed by atoms with E-state index in [0.717, 1.165) is 6.54 Å². The Morgan fingerprint density at radius 1 is 1.38 bits per heavy atom. The molecule has 1 N–H and O–H groups in total. The van der Waals surface area contributed by atoms with Gasteiger partial charge in [0.25, 0.3) is 0 Å². The molecule has 84 valence electrons. The lowest BCUT2D eigenvalue weighted by Gasteiger charge is -2.02. The summed E-state index contributed by atoms with van der Waals surface area (Å²) < 4.78 is 7.29. The Morgan fingerprint density at radius 2 is 2.25 bits per heavy atom. The summed E-state index contributed by atoms with van der Waals surface area (Å²) >= 11 is 0. The maximum absolute atomic E-state index is 5.51. The minimum Gasteiger partial charge on any atom is -0.434 e. The van der Waals surface area contributed by atoms with Crippen molar-refractivity contribution in [2.45, 2.75) is 13.5 Å². The second-order valence-electron chi connectivity index (χ2n) is 3.13. The van der Waals surface area contributed by atoms with Crippen LogP contribution >= 0.6 is 0 Å². The molecule has 0 spiro atoms. The quantitative estimate of drug-likeness (QED) is 0.844. The molecule has 6 heteroatoms. The van der Waals surface area contributed by atoms with E-state index in [2.05, 4.69) is 20.4 Å². The van der Waals surface area contributed by atoms with Crippen molar-refractivity contribution in [2.75, 3.05) is 12.4 Å². The van der Waals surface area contributed by atoms with Crippen LogP contribution in [0.5, 0.6) is 11.6 Å². The van der Waals surface area contributed by atoms with Crippen LogP contribution in [0.1, 0.15) is 6.92 Å². The van der Waals surface area contributed by atoms with Crippen LogP contribution in [0, 0.1) is 0 Å². The molecule has 0 amide bonds. The Balaban J connectivity index is 2.13. The molecule has 0 aliphatic carbocycles.